The van der Waals surface area contributed by atoms with Crippen molar-refractivity contribution in [2.75, 3.05) is 26.2 Å². The van der Waals surface area contributed by atoms with E-state index in [1.807, 2.05) is 0 Å². The molecular formula is C17H35NO. The molecule has 0 radical (unpaired) electrons. The van der Waals surface area contributed by atoms with Crippen LogP contribution in [0, 0.1) is 0 Å². The molecule has 1 rings (SSSR count). The van der Waals surface area contributed by atoms with Crippen LogP contribution in [-0.4, -0.2) is 37.2 Å². The quantitative estimate of drug-likeness (QED) is 0.337. The van der Waals surface area contributed by atoms with E-state index in [2.05, 4.69) is 18.7 Å². The normalized spacial score (nSPS) is 18.2. The Bertz CT molecular complexity index is 178. The van der Waals surface area contributed by atoms with Crippen molar-refractivity contribution < 1.29 is 4.74 Å². The van der Waals surface area contributed by atoms with Gasteiger partial charge in [-0.25, -0.2) is 0 Å². The lowest BCUT2D eigenvalue weighted by atomic mass is 10.1. The Labute approximate surface area is 120 Å². The molecule has 0 saturated carbocycles. The molecule has 0 aromatic rings. The molecule has 0 N–H and O–H groups in total. The SMILES string of the molecule is CCCCCCCN(CCCCCCC)CC1CO1. The van der Waals surface area contributed by atoms with Gasteiger partial charge >= 0.3 is 0 Å². The first-order chi connectivity index (χ1) is 9.36. The number of rotatable bonds is 14. The highest BCUT2D eigenvalue weighted by Gasteiger charge is 2.24. The molecule has 2 nitrogen and oxygen atoms in total. The molecule has 1 aliphatic rings. The lowest BCUT2D eigenvalue weighted by molar-refractivity contribution is 0.232. The number of nitrogens with zero attached hydrogens (tertiary/aromatic N) is 1. The topological polar surface area (TPSA) is 15.8 Å². The van der Waals surface area contributed by atoms with Gasteiger partial charge in [-0.3, -0.25) is 0 Å². The first-order valence-electron chi connectivity index (χ1n) is 8.70. The second-order valence-corrected chi connectivity index (χ2v) is 6.08. The minimum atomic E-state index is 0.561. The smallest absolute Gasteiger partial charge is 0.0936 e. The van der Waals surface area contributed by atoms with Crippen LogP contribution in [-0.2, 0) is 4.74 Å². The standard InChI is InChI=1S/C17H35NO/c1-3-5-7-9-11-13-18(15-17-16-19-17)14-12-10-8-6-4-2/h17H,3-16H2,1-2H3. The van der Waals surface area contributed by atoms with Crippen LogP contribution < -0.4 is 0 Å². The van der Waals surface area contributed by atoms with Crippen LogP contribution in [0.3, 0.4) is 0 Å². The number of hydrogen-bond donors (Lipinski definition) is 0. The van der Waals surface area contributed by atoms with E-state index in [0.717, 1.165) is 6.61 Å². The van der Waals surface area contributed by atoms with Crippen molar-refractivity contribution in [1.82, 2.24) is 4.90 Å². The zero-order chi connectivity index (χ0) is 13.8. The molecule has 0 amide bonds. The maximum atomic E-state index is 5.39. The van der Waals surface area contributed by atoms with Gasteiger partial charge in [0.25, 0.3) is 0 Å². The van der Waals surface area contributed by atoms with Crippen molar-refractivity contribution in [3.8, 4) is 0 Å². The first kappa shape index (κ1) is 17.0. The predicted octanol–water partition coefficient (Wildman–Crippen LogP) is 4.63. The molecule has 114 valence electrons. The zero-order valence-electron chi connectivity index (χ0n) is 13.3. The van der Waals surface area contributed by atoms with Gasteiger partial charge in [0.05, 0.1) is 12.7 Å². The van der Waals surface area contributed by atoms with E-state index in [1.165, 1.54) is 83.8 Å². The minimum Gasteiger partial charge on any atom is -0.372 e. The Morgan fingerprint density at radius 2 is 1.26 bits per heavy atom. The molecule has 0 aromatic carbocycles. The maximum absolute atomic E-state index is 5.39. The average Bonchev–Trinajstić information content (AvgIpc) is 3.22. The summed E-state index contributed by atoms with van der Waals surface area (Å²) in [5, 5.41) is 0. The van der Waals surface area contributed by atoms with Gasteiger partial charge in [0.1, 0.15) is 0 Å². The fourth-order valence-electron chi connectivity index (χ4n) is 2.63. The summed E-state index contributed by atoms with van der Waals surface area (Å²) in [6.45, 7) is 9.33. The van der Waals surface area contributed by atoms with Crippen LogP contribution in [0.1, 0.15) is 78.1 Å². The van der Waals surface area contributed by atoms with Gasteiger partial charge in [-0.05, 0) is 25.9 Å². The summed E-state index contributed by atoms with van der Waals surface area (Å²) in [5.74, 6) is 0. The Kier molecular flexibility index (Phi) is 10.5. The van der Waals surface area contributed by atoms with Crippen molar-refractivity contribution in [2.24, 2.45) is 0 Å². The van der Waals surface area contributed by atoms with Crippen molar-refractivity contribution in [1.29, 1.82) is 0 Å². The van der Waals surface area contributed by atoms with Gasteiger partial charge in [0, 0.05) is 6.54 Å². The van der Waals surface area contributed by atoms with E-state index in [4.69, 9.17) is 4.74 Å². The van der Waals surface area contributed by atoms with Crippen molar-refractivity contribution >= 4 is 0 Å². The molecule has 1 atom stereocenters. The number of hydrogen-bond acceptors (Lipinski definition) is 2. The molecule has 0 aliphatic carbocycles. The van der Waals surface area contributed by atoms with Crippen LogP contribution in [0.4, 0.5) is 0 Å². The summed E-state index contributed by atoms with van der Waals surface area (Å²) < 4.78 is 5.39. The average molecular weight is 269 g/mol. The van der Waals surface area contributed by atoms with E-state index in [-0.39, 0.29) is 0 Å². The fraction of sp³-hybridized carbons (Fsp3) is 1.00. The summed E-state index contributed by atoms with van der Waals surface area (Å²) in [4.78, 5) is 2.65. The third kappa shape index (κ3) is 10.4. The van der Waals surface area contributed by atoms with Crippen LogP contribution in [0.15, 0.2) is 0 Å². The highest BCUT2D eigenvalue weighted by atomic mass is 16.6. The molecule has 1 aliphatic heterocycles. The van der Waals surface area contributed by atoms with E-state index in [9.17, 15) is 0 Å². The molecule has 1 fully saturated rings. The predicted molar refractivity (Wildman–Crippen MR) is 83.7 cm³/mol. The van der Waals surface area contributed by atoms with Gasteiger partial charge < -0.3 is 9.64 Å². The van der Waals surface area contributed by atoms with Crippen LogP contribution >= 0.6 is 0 Å². The van der Waals surface area contributed by atoms with Gasteiger partial charge in [-0.1, -0.05) is 65.2 Å². The van der Waals surface area contributed by atoms with Gasteiger partial charge in [-0.15, -0.1) is 0 Å². The molecule has 1 saturated heterocycles. The zero-order valence-corrected chi connectivity index (χ0v) is 13.3. The molecule has 19 heavy (non-hydrogen) atoms. The second-order valence-electron chi connectivity index (χ2n) is 6.08. The van der Waals surface area contributed by atoms with Crippen molar-refractivity contribution in [3.05, 3.63) is 0 Å². The lowest BCUT2D eigenvalue weighted by Crippen LogP contribution is -2.30. The van der Waals surface area contributed by atoms with Crippen LogP contribution in [0.2, 0.25) is 0 Å². The Hall–Kier alpha value is -0.0800. The fourth-order valence-corrected chi connectivity index (χ4v) is 2.63. The monoisotopic (exact) mass is 269 g/mol. The van der Waals surface area contributed by atoms with Crippen molar-refractivity contribution in [2.45, 2.75) is 84.2 Å². The first-order valence-corrected chi connectivity index (χ1v) is 8.70. The number of ether oxygens (including phenoxy) is 1. The molecule has 1 heterocycles. The lowest BCUT2D eigenvalue weighted by Gasteiger charge is -2.21. The van der Waals surface area contributed by atoms with E-state index >= 15 is 0 Å². The Morgan fingerprint density at radius 1 is 0.789 bits per heavy atom. The van der Waals surface area contributed by atoms with E-state index in [1.54, 1.807) is 0 Å². The summed E-state index contributed by atoms with van der Waals surface area (Å²) >= 11 is 0. The molecular weight excluding hydrogens is 234 g/mol. The van der Waals surface area contributed by atoms with Crippen molar-refractivity contribution in [3.63, 3.8) is 0 Å². The highest BCUT2D eigenvalue weighted by molar-refractivity contribution is 4.74. The second kappa shape index (κ2) is 11.7. The Morgan fingerprint density at radius 3 is 1.68 bits per heavy atom. The summed E-state index contributed by atoms with van der Waals surface area (Å²) in [7, 11) is 0. The molecule has 2 heteroatoms. The Balaban J connectivity index is 2.01. The maximum Gasteiger partial charge on any atom is 0.0936 e. The third-order valence-electron chi connectivity index (χ3n) is 4.02. The molecule has 0 spiro atoms. The summed E-state index contributed by atoms with van der Waals surface area (Å²) in [6, 6.07) is 0. The van der Waals surface area contributed by atoms with Gasteiger partial charge in [0.15, 0.2) is 0 Å². The van der Waals surface area contributed by atoms with E-state index in [0.29, 0.717) is 6.10 Å². The minimum absolute atomic E-state index is 0.561. The van der Waals surface area contributed by atoms with Crippen LogP contribution in [0.5, 0.6) is 0 Å². The largest absolute Gasteiger partial charge is 0.372 e. The number of epoxide rings is 1. The van der Waals surface area contributed by atoms with E-state index < -0.39 is 0 Å². The van der Waals surface area contributed by atoms with Gasteiger partial charge in [-0.2, -0.15) is 0 Å². The molecule has 1 unspecified atom stereocenters. The summed E-state index contributed by atoms with van der Waals surface area (Å²) in [5.41, 5.74) is 0. The molecule has 0 aromatic heterocycles. The summed E-state index contributed by atoms with van der Waals surface area (Å²) in [6.07, 6.45) is 14.5. The van der Waals surface area contributed by atoms with Crippen LogP contribution in [0.25, 0.3) is 0 Å². The molecule has 0 bridgehead atoms. The third-order valence-corrected chi connectivity index (χ3v) is 4.02. The number of unbranched alkanes of at least 4 members (excludes halogenated alkanes) is 8. The van der Waals surface area contributed by atoms with Gasteiger partial charge in [0.2, 0.25) is 0 Å². The highest BCUT2D eigenvalue weighted by Crippen LogP contribution is 2.13.